The Kier molecular flexibility index (Phi) is 12.0. The van der Waals surface area contributed by atoms with Crippen molar-refractivity contribution in [1.82, 2.24) is 19.4 Å². The zero-order chi connectivity index (χ0) is 57.7. The molecule has 2 aliphatic rings. The summed E-state index contributed by atoms with van der Waals surface area (Å²) in [4.78, 5) is 18.1. The van der Waals surface area contributed by atoms with Crippen molar-refractivity contribution in [1.29, 1.82) is 0 Å². The highest BCUT2D eigenvalue weighted by Crippen LogP contribution is 2.51. The van der Waals surface area contributed by atoms with Gasteiger partial charge in [-0.15, -0.1) is 0 Å². The number of aromatic nitrogens is 4. The summed E-state index contributed by atoms with van der Waals surface area (Å²) >= 11 is 0. The van der Waals surface area contributed by atoms with E-state index in [1.165, 1.54) is 93.9 Å². The molecule has 0 fully saturated rings. The van der Waals surface area contributed by atoms with E-state index < -0.39 is 0 Å². The Morgan fingerprint density at radius 2 is 0.791 bits per heavy atom. The summed E-state index contributed by atoms with van der Waals surface area (Å²) < 4.78 is 2.70. The lowest BCUT2D eigenvalue weighted by atomic mass is 9.44. The molecule has 0 radical (unpaired) electrons. The third kappa shape index (κ3) is 8.27. The molecule has 0 unspecified atom stereocenters. The largest absolute Gasteiger partial charge is 0.375 e. The molecule has 86 heavy (non-hydrogen) atoms. The third-order valence-electron chi connectivity index (χ3n) is 18.1. The van der Waals surface area contributed by atoms with Gasteiger partial charge in [-0.25, -0.2) is 15.0 Å². The van der Waals surface area contributed by atoms with Crippen LogP contribution in [0.25, 0.3) is 123 Å². The van der Waals surface area contributed by atoms with Crippen LogP contribution in [-0.4, -0.2) is 26.3 Å². The number of rotatable bonds is 9. The number of benzene rings is 12. The number of para-hydroxylation sites is 1. The Bertz CT molecular complexity index is 4890. The molecule has 0 N–H and O–H groups in total. The molecule has 2 aromatic heterocycles. The van der Waals surface area contributed by atoms with Crippen LogP contribution >= 0.6 is 0 Å². The van der Waals surface area contributed by atoms with Crippen LogP contribution in [0.5, 0.6) is 0 Å². The number of fused-ring (bicyclic) bond motifs is 7. The molecular formula is C80H58BN5. The average Bonchev–Trinajstić information content (AvgIpc) is 1.34. The molecule has 0 spiro atoms. The van der Waals surface area contributed by atoms with Crippen molar-refractivity contribution in [2.24, 2.45) is 0 Å². The fourth-order valence-electron chi connectivity index (χ4n) is 14.2. The van der Waals surface area contributed by atoms with Crippen LogP contribution in [-0.2, 0) is 0 Å². The maximum Gasteiger partial charge on any atom is 0.333 e. The Morgan fingerprint density at radius 1 is 0.314 bits per heavy atom. The fourth-order valence-corrected chi connectivity index (χ4v) is 14.2. The second-order valence-electron chi connectivity index (χ2n) is 23.3. The molecular weight excluding hydrogens is 1040 g/mol. The SMILES string of the molecule is Cc1cccc(C)c1-c1ccc2c(c1)c1cc(-c3c(C)cccc3C)cc3c1n2B1c2ccccc2N(c2cc(-c4ccccc4)cc(-c4ccccc4)c2)c2cc(-c4cccc(-c5nc(-c6ccccc6)nc(-c6ccccc6)n5)c4)c(C)c-3c21. The first-order valence-electron chi connectivity index (χ1n) is 29.8. The average molecular weight is 1100 g/mol. The third-order valence-corrected chi connectivity index (χ3v) is 18.1. The molecule has 0 amide bonds. The lowest BCUT2D eigenvalue weighted by molar-refractivity contribution is 1.07. The van der Waals surface area contributed by atoms with E-state index >= 15 is 0 Å². The van der Waals surface area contributed by atoms with Gasteiger partial charge in [0, 0.05) is 61.1 Å². The van der Waals surface area contributed by atoms with Gasteiger partial charge in [0.05, 0.1) is 0 Å². The molecule has 0 atom stereocenters. The normalized spacial score (nSPS) is 12.2. The molecule has 0 saturated carbocycles. The summed E-state index contributed by atoms with van der Waals surface area (Å²) in [5.41, 5.74) is 31.8. The van der Waals surface area contributed by atoms with Crippen LogP contribution in [0, 0.1) is 34.6 Å². The van der Waals surface area contributed by atoms with E-state index in [1.807, 2.05) is 36.4 Å². The number of anilines is 3. The van der Waals surface area contributed by atoms with Gasteiger partial charge in [0.1, 0.15) is 0 Å². The maximum absolute atomic E-state index is 5.25. The number of hydrogen-bond donors (Lipinski definition) is 0. The van der Waals surface area contributed by atoms with Gasteiger partial charge in [0.25, 0.3) is 0 Å². The Morgan fingerprint density at radius 3 is 1.38 bits per heavy atom. The van der Waals surface area contributed by atoms with Gasteiger partial charge in [-0.1, -0.05) is 200 Å². The first-order chi connectivity index (χ1) is 42.2. The summed E-state index contributed by atoms with van der Waals surface area (Å²) in [6.45, 7) is 11.2. The molecule has 14 aromatic rings. The van der Waals surface area contributed by atoms with Crippen LogP contribution < -0.4 is 15.8 Å². The monoisotopic (exact) mass is 1100 g/mol. The Hall–Kier alpha value is -10.7. The first-order valence-corrected chi connectivity index (χ1v) is 29.8. The molecule has 0 bridgehead atoms. The molecule has 5 nitrogen and oxygen atoms in total. The number of nitrogens with zero attached hydrogens (tertiary/aromatic N) is 5. The van der Waals surface area contributed by atoms with Crippen molar-refractivity contribution in [3.8, 4) is 101 Å². The van der Waals surface area contributed by atoms with E-state index in [0.717, 1.165) is 67.1 Å². The van der Waals surface area contributed by atoms with E-state index in [0.29, 0.717) is 17.5 Å². The molecule has 4 heterocycles. The lowest BCUT2D eigenvalue weighted by Gasteiger charge is -2.42. The predicted molar refractivity (Wildman–Crippen MR) is 361 cm³/mol. The van der Waals surface area contributed by atoms with Gasteiger partial charge >= 0.3 is 6.85 Å². The number of aryl methyl sites for hydroxylation is 4. The highest BCUT2D eigenvalue weighted by molar-refractivity contribution is 6.90. The standard InChI is InChI=1S/C80H58BN5/c1-49-23-20-24-50(2)73(49)59-39-40-70-66(45-59)67-46-63(74-51(3)25-21-26-52(74)4)47-68-75-53(5)65(58-35-22-36-60(41-58)80-83-78(56-31-14-8-15-32-56)82-79(84-80)57-33-16-9-17-34-57)48-72-76(75)81(86(70)77(67)68)69-37-18-19-38-71(69)85(72)64-43-61(54-27-10-6-11-28-54)42-62(44-64)55-29-12-7-13-30-55/h6-48H,1-5H3. The number of hydrogen-bond acceptors (Lipinski definition) is 4. The smallest absolute Gasteiger partial charge is 0.333 e. The highest BCUT2D eigenvalue weighted by atomic mass is 15.2. The van der Waals surface area contributed by atoms with Crippen molar-refractivity contribution >= 4 is 56.6 Å². The Balaban J connectivity index is 1.02. The zero-order valence-electron chi connectivity index (χ0n) is 48.6. The summed E-state index contributed by atoms with van der Waals surface area (Å²) in [7, 11) is 0. The van der Waals surface area contributed by atoms with Gasteiger partial charge in [0.2, 0.25) is 0 Å². The first kappa shape index (κ1) is 51.0. The second kappa shape index (κ2) is 20.3. The van der Waals surface area contributed by atoms with Crippen molar-refractivity contribution < 1.29 is 0 Å². The highest BCUT2D eigenvalue weighted by Gasteiger charge is 2.44. The maximum atomic E-state index is 5.25. The Labute approximate surface area is 502 Å². The molecule has 6 heteroatoms. The fraction of sp³-hybridized carbons (Fsp3) is 0.0625. The van der Waals surface area contributed by atoms with E-state index in [-0.39, 0.29) is 6.85 Å². The van der Waals surface area contributed by atoms with Crippen LogP contribution in [0.4, 0.5) is 17.1 Å². The zero-order valence-corrected chi connectivity index (χ0v) is 48.6. The minimum Gasteiger partial charge on any atom is -0.375 e. The van der Waals surface area contributed by atoms with Crippen LogP contribution in [0.2, 0.25) is 0 Å². The molecule has 0 saturated heterocycles. The van der Waals surface area contributed by atoms with Crippen molar-refractivity contribution in [3.63, 3.8) is 0 Å². The van der Waals surface area contributed by atoms with E-state index in [1.54, 1.807) is 0 Å². The summed E-state index contributed by atoms with van der Waals surface area (Å²) in [5.74, 6) is 1.88. The van der Waals surface area contributed by atoms with E-state index in [2.05, 4.69) is 268 Å². The van der Waals surface area contributed by atoms with Crippen molar-refractivity contribution in [3.05, 3.63) is 289 Å². The quantitative estimate of drug-likeness (QED) is 0.135. The summed E-state index contributed by atoms with van der Waals surface area (Å²) in [6.07, 6.45) is 0. The molecule has 406 valence electrons. The van der Waals surface area contributed by atoms with Crippen molar-refractivity contribution in [2.75, 3.05) is 4.90 Å². The lowest BCUT2D eigenvalue weighted by Crippen LogP contribution is -2.56. The van der Waals surface area contributed by atoms with Gasteiger partial charge < -0.3 is 9.38 Å². The molecule has 2 aliphatic heterocycles. The molecule has 12 aromatic carbocycles. The van der Waals surface area contributed by atoms with Gasteiger partial charge in [-0.3, -0.25) is 0 Å². The van der Waals surface area contributed by atoms with Gasteiger partial charge in [-0.05, 0) is 195 Å². The van der Waals surface area contributed by atoms with Gasteiger partial charge in [0.15, 0.2) is 17.5 Å². The van der Waals surface area contributed by atoms with Crippen LogP contribution in [0.3, 0.4) is 0 Å². The van der Waals surface area contributed by atoms with Crippen LogP contribution in [0.15, 0.2) is 261 Å². The topological polar surface area (TPSA) is 46.8 Å². The molecule has 0 aliphatic carbocycles. The van der Waals surface area contributed by atoms with E-state index in [9.17, 15) is 0 Å². The minimum absolute atomic E-state index is 0.167. The van der Waals surface area contributed by atoms with E-state index in [4.69, 9.17) is 15.0 Å². The predicted octanol–water partition coefficient (Wildman–Crippen LogP) is 19.3. The van der Waals surface area contributed by atoms with Gasteiger partial charge in [-0.2, -0.15) is 0 Å². The molecule has 16 rings (SSSR count). The van der Waals surface area contributed by atoms with Crippen molar-refractivity contribution in [2.45, 2.75) is 34.6 Å². The summed E-state index contributed by atoms with van der Waals surface area (Å²) in [5, 5.41) is 2.50. The second-order valence-corrected chi connectivity index (χ2v) is 23.3. The summed E-state index contributed by atoms with van der Waals surface area (Å²) in [6, 6.07) is 95.5. The minimum atomic E-state index is -0.167. The van der Waals surface area contributed by atoms with Crippen LogP contribution in [0.1, 0.15) is 27.8 Å².